The molecule has 84 valence electrons. The molecule has 0 bridgehead atoms. The summed E-state index contributed by atoms with van der Waals surface area (Å²) in [5.41, 5.74) is 1.24. The van der Waals surface area contributed by atoms with Gasteiger partial charge in [-0.3, -0.25) is 4.90 Å². The van der Waals surface area contributed by atoms with E-state index >= 15 is 0 Å². The second-order valence-corrected chi connectivity index (χ2v) is 4.10. The Bertz CT molecular complexity index is 289. The van der Waals surface area contributed by atoms with Crippen LogP contribution in [0.15, 0.2) is 18.3 Å². The molecule has 0 aliphatic carbocycles. The predicted octanol–water partition coefficient (Wildman–Crippen LogP) is 3.36. The Morgan fingerprint density at radius 3 is 2.80 bits per heavy atom. The van der Waals surface area contributed by atoms with Crippen molar-refractivity contribution in [2.45, 2.75) is 33.2 Å². The molecule has 0 amide bonds. The molecule has 0 aliphatic heterocycles. The first kappa shape index (κ1) is 12.5. The minimum absolute atomic E-state index is 0.582. The molecule has 1 rings (SSSR count). The number of hydrogen-bond acceptors (Lipinski definition) is 2. The summed E-state index contributed by atoms with van der Waals surface area (Å²) in [4.78, 5) is 6.41. The quantitative estimate of drug-likeness (QED) is 0.692. The Kier molecular flexibility index (Phi) is 5.66. The fourth-order valence-electron chi connectivity index (χ4n) is 1.53. The van der Waals surface area contributed by atoms with Gasteiger partial charge in [-0.2, -0.15) is 0 Å². The van der Waals surface area contributed by atoms with Crippen LogP contribution >= 0.6 is 11.6 Å². The normalized spacial score (nSPS) is 10.9. The molecule has 0 saturated heterocycles. The summed E-state index contributed by atoms with van der Waals surface area (Å²) in [6.07, 6.45) is 4.27. The highest BCUT2D eigenvalue weighted by molar-refractivity contribution is 6.29. The molecular formula is C12H19ClN2. The van der Waals surface area contributed by atoms with E-state index in [9.17, 15) is 0 Å². The zero-order chi connectivity index (χ0) is 11.1. The summed E-state index contributed by atoms with van der Waals surface area (Å²) >= 11 is 5.85. The van der Waals surface area contributed by atoms with Gasteiger partial charge in [0.25, 0.3) is 0 Å². The summed E-state index contributed by atoms with van der Waals surface area (Å²) in [7, 11) is 0. The van der Waals surface area contributed by atoms with E-state index in [4.69, 9.17) is 11.6 Å². The van der Waals surface area contributed by atoms with E-state index in [0.717, 1.165) is 19.6 Å². The summed E-state index contributed by atoms with van der Waals surface area (Å²) in [6.45, 7) is 7.63. The maximum absolute atomic E-state index is 5.85. The van der Waals surface area contributed by atoms with Gasteiger partial charge in [0.15, 0.2) is 0 Å². The smallest absolute Gasteiger partial charge is 0.129 e. The molecule has 0 fully saturated rings. The summed E-state index contributed by atoms with van der Waals surface area (Å²) in [6, 6.07) is 3.97. The molecule has 1 heterocycles. The Morgan fingerprint density at radius 2 is 2.20 bits per heavy atom. The number of rotatable bonds is 6. The number of pyridine rings is 1. The second kappa shape index (κ2) is 6.81. The van der Waals surface area contributed by atoms with Crippen molar-refractivity contribution >= 4 is 11.6 Å². The van der Waals surface area contributed by atoms with Crippen molar-refractivity contribution in [2.75, 3.05) is 13.1 Å². The van der Waals surface area contributed by atoms with Gasteiger partial charge in [0, 0.05) is 12.7 Å². The van der Waals surface area contributed by atoms with Crippen LogP contribution in [0.1, 0.15) is 32.3 Å². The molecule has 1 aromatic rings. The first-order valence-electron chi connectivity index (χ1n) is 5.59. The fourth-order valence-corrected chi connectivity index (χ4v) is 1.73. The Labute approximate surface area is 97.3 Å². The topological polar surface area (TPSA) is 16.1 Å². The molecule has 1 aromatic heterocycles. The highest BCUT2D eigenvalue weighted by Crippen LogP contribution is 2.10. The van der Waals surface area contributed by atoms with Gasteiger partial charge < -0.3 is 0 Å². The van der Waals surface area contributed by atoms with E-state index in [0.29, 0.717) is 5.15 Å². The van der Waals surface area contributed by atoms with Crippen LogP contribution in [0.4, 0.5) is 0 Å². The van der Waals surface area contributed by atoms with Gasteiger partial charge in [-0.25, -0.2) is 4.98 Å². The van der Waals surface area contributed by atoms with Gasteiger partial charge in [0.1, 0.15) is 5.15 Å². The van der Waals surface area contributed by atoms with Crippen LogP contribution in [-0.4, -0.2) is 23.0 Å². The van der Waals surface area contributed by atoms with E-state index in [1.165, 1.54) is 18.4 Å². The lowest BCUT2D eigenvalue weighted by molar-refractivity contribution is 0.275. The number of aromatic nitrogens is 1. The molecule has 2 nitrogen and oxygen atoms in total. The van der Waals surface area contributed by atoms with Crippen LogP contribution in [0, 0.1) is 0 Å². The first-order valence-corrected chi connectivity index (χ1v) is 5.96. The zero-order valence-electron chi connectivity index (χ0n) is 9.54. The maximum atomic E-state index is 5.85. The van der Waals surface area contributed by atoms with Gasteiger partial charge in [-0.1, -0.05) is 31.9 Å². The Hall–Kier alpha value is -0.600. The molecule has 0 unspecified atom stereocenters. The lowest BCUT2D eigenvalue weighted by Crippen LogP contribution is -2.23. The average molecular weight is 227 g/mol. The third-order valence-corrected chi connectivity index (χ3v) is 2.68. The van der Waals surface area contributed by atoms with Gasteiger partial charge in [-0.15, -0.1) is 0 Å². The molecule has 0 aliphatic rings. The molecule has 0 spiro atoms. The number of halogens is 1. The molecule has 0 saturated carbocycles. The van der Waals surface area contributed by atoms with Crippen LogP contribution in [0.5, 0.6) is 0 Å². The molecule has 3 heteroatoms. The average Bonchev–Trinajstić information content (AvgIpc) is 2.24. The SMILES string of the molecule is CCCCN(CC)Cc1ccnc(Cl)c1. The van der Waals surface area contributed by atoms with E-state index < -0.39 is 0 Å². The lowest BCUT2D eigenvalue weighted by atomic mass is 10.2. The van der Waals surface area contributed by atoms with Crippen molar-refractivity contribution in [1.82, 2.24) is 9.88 Å². The zero-order valence-corrected chi connectivity index (χ0v) is 10.3. The monoisotopic (exact) mass is 226 g/mol. The van der Waals surface area contributed by atoms with Gasteiger partial charge in [0.2, 0.25) is 0 Å². The predicted molar refractivity (Wildman–Crippen MR) is 65.1 cm³/mol. The van der Waals surface area contributed by atoms with Crippen LogP contribution in [0.3, 0.4) is 0 Å². The summed E-state index contributed by atoms with van der Waals surface area (Å²) in [5, 5.41) is 0.582. The van der Waals surface area contributed by atoms with E-state index in [-0.39, 0.29) is 0 Å². The van der Waals surface area contributed by atoms with E-state index in [2.05, 4.69) is 23.7 Å². The molecule has 0 radical (unpaired) electrons. The Morgan fingerprint density at radius 1 is 1.40 bits per heavy atom. The highest BCUT2D eigenvalue weighted by atomic mass is 35.5. The molecular weight excluding hydrogens is 208 g/mol. The van der Waals surface area contributed by atoms with Gasteiger partial charge in [0.05, 0.1) is 0 Å². The molecule has 15 heavy (non-hydrogen) atoms. The van der Waals surface area contributed by atoms with Crippen molar-refractivity contribution in [3.63, 3.8) is 0 Å². The summed E-state index contributed by atoms with van der Waals surface area (Å²) in [5.74, 6) is 0. The standard InChI is InChI=1S/C12H19ClN2/c1-3-5-8-15(4-2)10-11-6-7-14-12(13)9-11/h6-7,9H,3-5,8,10H2,1-2H3. The third-order valence-electron chi connectivity index (χ3n) is 2.47. The number of unbranched alkanes of at least 4 members (excludes halogenated alkanes) is 1. The van der Waals surface area contributed by atoms with Crippen LogP contribution in [0.25, 0.3) is 0 Å². The van der Waals surface area contributed by atoms with E-state index in [1.54, 1.807) is 6.20 Å². The van der Waals surface area contributed by atoms with Gasteiger partial charge in [-0.05, 0) is 37.2 Å². The van der Waals surface area contributed by atoms with Crippen molar-refractivity contribution in [2.24, 2.45) is 0 Å². The lowest BCUT2D eigenvalue weighted by Gasteiger charge is -2.19. The number of nitrogens with zero attached hydrogens (tertiary/aromatic N) is 2. The van der Waals surface area contributed by atoms with E-state index in [1.807, 2.05) is 12.1 Å². The van der Waals surface area contributed by atoms with Crippen molar-refractivity contribution in [1.29, 1.82) is 0 Å². The molecule has 0 N–H and O–H groups in total. The fraction of sp³-hybridized carbons (Fsp3) is 0.583. The summed E-state index contributed by atoms with van der Waals surface area (Å²) < 4.78 is 0. The second-order valence-electron chi connectivity index (χ2n) is 3.71. The van der Waals surface area contributed by atoms with Crippen LogP contribution in [-0.2, 0) is 6.54 Å². The van der Waals surface area contributed by atoms with Crippen molar-refractivity contribution < 1.29 is 0 Å². The van der Waals surface area contributed by atoms with Crippen LogP contribution < -0.4 is 0 Å². The first-order chi connectivity index (χ1) is 7.26. The minimum atomic E-state index is 0.582. The highest BCUT2D eigenvalue weighted by Gasteiger charge is 2.03. The Balaban J connectivity index is 2.50. The molecule has 0 aromatic carbocycles. The number of hydrogen-bond donors (Lipinski definition) is 0. The van der Waals surface area contributed by atoms with Crippen molar-refractivity contribution in [3.8, 4) is 0 Å². The minimum Gasteiger partial charge on any atom is -0.299 e. The maximum Gasteiger partial charge on any atom is 0.129 e. The van der Waals surface area contributed by atoms with Gasteiger partial charge >= 0.3 is 0 Å². The van der Waals surface area contributed by atoms with Crippen molar-refractivity contribution in [3.05, 3.63) is 29.0 Å². The molecule has 0 atom stereocenters. The largest absolute Gasteiger partial charge is 0.299 e. The third kappa shape index (κ3) is 4.63. The van der Waals surface area contributed by atoms with Crippen LogP contribution in [0.2, 0.25) is 5.15 Å².